The summed E-state index contributed by atoms with van der Waals surface area (Å²) < 4.78 is 13.3. The highest BCUT2D eigenvalue weighted by Gasteiger charge is 2.35. The number of nitrogens with one attached hydrogen (secondary N) is 1. The van der Waals surface area contributed by atoms with Crippen molar-refractivity contribution in [2.45, 2.75) is 36.1 Å². The Kier molecular flexibility index (Phi) is 4.50. The molecule has 1 aromatic carbocycles. The zero-order valence-corrected chi connectivity index (χ0v) is 11.8. The molecule has 6 heteroatoms. The van der Waals surface area contributed by atoms with Gasteiger partial charge in [0.15, 0.2) is 0 Å². The molecule has 0 unspecified atom stereocenters. The Hall–Kier alpha value is -1.74. The van der Waals surface area contributed by atoms with Crippen LogP contribution in [0.4, 0.5) is 10.1 Å². The van der Waals surface area contributed by atoms with Crippen molar-refractivity contribution in [2.75, 3.05) is 11.5 Å². The number of halogens is 1. The Balaban J connectivity index is 1.89. The van der Waals surface area contributed by atoms with Crippen LogP contribution in [0, 0.1) is 17.1 Å². The zero-order chi connectivity index (χ0) is 14.6. The van der Waals surface area contributed by atoms with Gasteiger partial charge in [0.05, 0.1) is 17.5 Å². The number of anilines is 1. The fourth-order valence-electron chi connectivity index (χ4n) is 2.29. The van der Waals surface area contributed by atoms with E-state index in [0.717, 1.165) is 12.8 Å². The van der Waals surface area contributed by atoms with E-state index in [1.807, 2.05) is 0 Å². The third-order valence-corrected chi connectivity index (χ3v) is 4.39. The lowest BCUT2D eigenvalue weighted by Crippen LogP contribution is -2.45. The van der Waals surface area contributed by atoms with E-state index >= 15 is 0 Å². The molecule has 4 nitrogen and oxygen atoms in total. The van der Waals surface area contributed by atoms with Crippen LogP contribution in [0.1, 0.15) is 25.7 Å². The normalized spacial score (nSPS) is 16.6. The summed E-state index contributed by atoms with van der Waals surface area (Å²) in [5.41, 5.74) is 4.78. The summed E-state index contributed by atoms with van der Waals surface area (Å²) in [6.45, 7) is 0. The van der Waals surface area contributed by atoms with Crippen molar-refractivity contribution in [1.82, 2.24) is 5.32 Å². The number of rotatable bonds is 4. The van der Waals surface area contributed by atoms with E-state index < -0.39 is 11.4 Å². The summed E-state index contributed by atoms with van der Waals surface area (Å²) in [4.78, 5) is 12.5. The lowest BCUT2D eigenvalue weighted by atomic mass is 10.0. The number of hydrogen-bond acceptors (Lipinski definition) is 4. The van der Waals surface area contributed by atoms with Crippen LogP contribution in [0.2, 0.25) is 0 Å². The second-order valence-corrected chi connectivity index (χ2v) is 5.97. The van der Waals surface area contributed by atoms with Crippen molar-refractivity contribution in [3.63, 3.8) is 0 Å². The van der Waals surface area contributed by atoms with E-state index in [9.17, 15) is 14.4 Å². The van der Waals surface area contributed by atoms with E-state index in [4.69, 9.17) is 5.73 Å². The van der Waals surface area contributed by atoms with E-state index in [2.05, 4.69) is 11.4 Å². The summed E-state index contributed by atoms with van der Waals surface area (Å²) in [6.07, 6.45) is 3.33. The number of carbonyl (C=O) groups excluding carboxylic acids is 1. The van der Waals surface area contributed by atoms with Crippen molar-refractivity contribution in [3.05, 3.63) is 24.0 Å². The molecule has 1 saturated carbocycles. The molecule has 1 aliphatic rings. The molecule has 0 saturated heterocycles. The second kappa shape index (κ2) is 6.14. The Labute approximate surface area is 121 Å². The third-order valence-electron chi connectivity index (χ3n) is 3.39. The molecule has 0 atom stereocenters. The van der Waals surface area contributed by atoms with Gasteiger partial charge in [-0.15, -0.1) is 11.8 Å². The van der Waals surface area contributed by atoms with Crippen molar-refractivity contribution in [2.24, 2.45) is 0 Å². The van der Waals surface area contributed by atoms with Crippen molar-refractivity contribution in [3.8, 4) is 6.07 Å². The van der Waals surface area contributed by atoms with Crippen LogP contribution >= 0.6 is 11.8 Å². The highest BCUT2D eigenvalue weighted by atomic mass is 32.2. The van der Waals surface area contributed by atoms with Gasteiger partial charge >= 0.3 is 0 Å². The molecule has 106 valence electrons. The summed E-state index contributed by atoms with van der Waals surface area (Å²) in [5, 5.41) is 12.0. The minimum absolute atomic E-state index is 0.0909. The topological polar surface area (TPSA) is 78.9 Å². The van der Waals surface area contributed by atoms with Crippen LogP contribution in [0.3, 0.4) is 0 Å². The van der Waals surface area contributed by atoms with Gasteiger partial charge < -0.3 is 11.1 Å². The zero-order valence-electron chi connectivity index (χ0n) is 11.0. The van der Waals surface area contributed by atoms with Crippen LogP contribution in [-0.2, 0) is 4.79 Å². The fraction of sp³-hybridized carbons (Fsp3) is 0.429. The summed E-state index contributed by atoms with van der Waals surface area (Å²) in [5.74, 6) is -0.525. The molecular formula is C14H16FN3OS. The van der Waals surface area contributed by atoms with Gasteiger partial charge in [-0.2, -0.15) is 5.26 Å². The molecule has 0 spiro atoms. The number of amides is 1. The van der Waals surface area contributed by atoms with E-state index in [-0.39, 0.29) is 17.3 Å². The van der Waals surface area contributed by atoms with Gasteiger partial charge in [0.2, 0.25) is 5.91 Å². The molecule has 0 bridgehead atoms. The van der Waals surface area contributed by atoms with Crippen LogP contribution in [0.5, 0.6) is 0 Å². The number of carbonyl (C=O) groups is 1. The highest BCUT2D eigenvalue weighted by Crippen LogP contribution is 2.29. The van der Waals surface area contributed by atoms with Crippen LogP contribution in [0.25, 0.3) is 0 Å². The molecule has 1 aromatic rings. The molecule has 0 heterocycles. The molecule has 1 aliphatic carbocycles. The minimum Gasteiger partial charge on any atom is -0.396 e. The van der Waals surface area contributed by atoms with Crippen LogP contribution in [-0.4, -0.2) is 17.2 Å². The molecule has 0 aromatic heterocycles. The lowest BCUT2D eigenvalue weighted by Gasteiger charge is -2.21. The predicted octanol–water partition coefficient (Wildman–Crippen LogP) is 2.45. The fourth-order valence-corrected chi connectivity index (χ4v) is 3.01. The Morgan fingerprint density at radius 3 is 2.80 bits per heavy atom. The van der Waals surface area contributed by atoms with E-state index in [1.54, 1.807) is 6.07 Å². The average Bonchev–Trinajstić information content (AvgIpc) is 2.89. The van der Waals surface area contributed by atoms with Gasteiger partial charge in [0.25, 0.3) is 0 Å². The smallest absolute Gasteiger partial charge is 0.231 e. The molecule has 1 amide bonds. The lowest BCUT2D eigenvalue weighted by molar-refractivity contribution is -0.119. The van der Waals surface area contributed by atoms with Crippen LogP contribution < -0.4 is 11.1 Å². The van der Waals surface area contributed by atoms with Crippen LogP contribution in [0.15, 0.2) is 23.1 Å². The number of hydrogen-bond donors (Lipinski definition) is 2. The van der Waals surface area contributed by atoms with E-state index in [1.165, 1.54) is 23.9 Å². The molecule has 0 radical (unpaired) electrons. The summed E-state index contributed by atoms with van der Waals surface area (Å²) in [7, 11) is 0. The third kappa shape index (κ3) is 3.42. The molecule has 0 aliphatic heterocycles. The highest BCUT2D eigenvalue weighted by molar-refractivity contribution is 8.00. The standard InChI is InChI=1S/C14H16FN3OS/c15-11-7-10(3-4-12(11)17)20-8-13(19)18-14(9-16)5-1-2-6-14/h3-4,7H,1-2,5-6,8,17H2,(H,18,19). The summed E-state index contributed by atoms with van der Waals surface area (Å²) >= 11 is 1.23. The monoisotopic (exact) mass is 293 g/mol. The maximum Gasteiger partial charge on any atom is 0.231 e. The first-order valence-electron chi connectivity index (χ1n) is 6.45. The number of nitrogens with zero attached hydrogens (tertiary/aromatic N) is 1. The largest absolute Gasteiger partial charge is 0.396 e. The first-order chi connectivity index (χ1) is 9.54. The van der Waals surface area contributed by atoms with Gasteiger partial charge in [-0.1, -0.05) is 0 Å². The SMILES string of the molecule is N#CC1(NC(=O)CSc2ccc(N)c(F)c2)CCCC1. The predicted molar refractivity (Wildman–Crippen MR) is 76.5 cm³/mol. The number of benzene rings is 1. The van der Waals surface area contributed by atoms with Crippen molar-refractivity contribution < 1.29 is 9.18 Å². The van der Waals surface area contributed by atoms with E-state index in [0.29, 0.717) is 17.7 Å². The maximum atomic E-state index is 13.3. The van der Waals surface area contributed by atoms with Gasteiger partial charge in [-0.3, -0.25) is 4.79 Å². The maximum absolute atomic E-state index is 13.3. The molecule has 1 fully saturated rings. The van der Waals surface area contributed by atoms with Gasteiger partial charge in [0.1, 0.15) is 11.4 Å². The average molecular weight is 293 g/mol. The minimum atomic E-state index is -0.704. The van der Waals surface area contributed by atoms with Gasteiger partial charge in [-0.25, -0.2) is 4.39 Å². The number of nitrogens with two attached hydrogens (primary N) is 1. The summed E-state index contributed by atoms with van der Waals surface area (Å²) in [6, 6.07) is 6.66. The number of nitriles is 1. The molecule has 3 N–H and O–H groups in total. The molecule has 2 rings (SSSR count). The quantitative estimate of drug-likeness (QED) is 0.660. The van der Waals surface area contributed by atoms with Gasteiger partial charge in [-0.05, 0) is 43.9 Å². The molecule has 20 heavy (non-hydrogen) atoms. The molecular weight excluding hydrogens is 277 g/mol. The Morgan fingerprint density at radius 2 is 2.20 bits per heavy atom. The second-order valence-electron chi connectivity index (χ2n) is 4.92. The Bertz CT molecular complexity index is 550. The number of nitrogen functional groups attached to an aromatic ring is 1. The first-order valence-corrected chi connectivity index (χ1v) is 7.43. The first kappa shape index (κ1) is 14.7. The Morgan fingerprint density at radius 1 is 1.50 bits per heavy atom. The van der Waals surface area contributed by atoms with Gasteiger partial charge in [0, 0.05) is 4.90 Å². The van der Waals surface area contributed by atoms with Crippen molar-refractivity contribution >= 4 is 23.4 Å². The number of thioether (sulfide) groups is 1. The van der Waals surface area contributed by atoms with Crippen molar-refractivity contribution in [1.29, 1.82) is 5.26 Å².